The second-order valence-corrected chi connectivity index (χ2v) is 3.82. The average Bonchev–Trinajstić information content (AvgIpc) is 2.13. The maximum absolute atomic E-state index is 8.94. The summed E-state index contributed by atoms with van der Waals surface area (Å²) in [6, 6.07) is 0. The van der Waals surface area contributed by atoms with Gasteiger partial charge in [0.15, 0.2) is 0 Å². The van der Waals surface area contributed by atoms with Crippen molar-refractivity contribution >= 4 is 0 Å². The maximum Gasteiger partial charge on any atom is 0.0484 e. The molecular formula is C8H16O. The lowest BCUT2D eigenvalue weighted by atomic mass is 9.89. The van der Waals surface area contributed by atoms with Crippen molar-refractivity contribution in [2.75, 3.05) is 6.61 Å². The molecule has 0 aromatic carbocycles. The Morgan fingerprint density at radius 3 is 2.56 bits per heavy atom. The predicted molar refractivity (Wildman–Crippen MR) is 38.2 cm³/mol. The van der Waals surface area contributed by atoms with Crippen LogP contribution in [0.2, 0.25) is 0 Å². The van der Waals surface area contributed by atoms with E-state index in [1.54, 1.807) is 0 Å². The van der Waals surface area contributed by atoms with E-state index in [-0.39, 0.29) is 5.41 Å². The minimum Gasteiger partial charge on any atom is -0.396 e. The van der Waals surface area contributed by atoms with Gasteiger partial charge in [-0.25, -0.2) is 0 Å². The van der Waals surface area contributed by atoms with Gasteiger partial charge in [-0.15, -0.1) is 0 Å². The third-order valence-electron chi connectivity index (χ3n) is 2.46. The fraction of sp³-hybridized carbons (Fsp3) is 1.00. The van der Waals surface area contributed by atoms with Crippen LogP contribution in [0.5, 0.6) is 0 Å². The van der Waals surface area contributed by atoms with Gasteiger partial charge in [0.25, 0.3) is 0 Å². The second-order valence-electron chi connectivity index (χ2n) is 3.82. The first-order chi connectivity index (χ1) is 4.16. The van der Waals surface area contributed by atoms with Gasteiger partial charge in [0, 0.05) is 6.61 Å². The minimum absolute atomic E-state index is 0.263. The third-order valence-corrected chi connectivity index (χ3v) is 2.46. The van der Waals surface area contributed by atoms with Crippen LogP contribution in [0, 0.1) is 11.3 Å². The number of aliphatic hydroxyl groups excluding tert-OH is 1. The van der Waals surface area contributed by atoms with Crippen LogP contribution < -0.4 is 0 Å². The molecule has 1 nitrogen and oxygen atoms in total. The Hall–Kier alpha value is -0.0400. The molecule has 0 aromatic heterocycles. The van der Waals surface area contributed by atoms with E-state index in [0.717, 1.165) is 5.92 Å². The van der Waals surface area contributed by atoms with E-state index >= 15 is 0 Å². The topological polar surface area (TPSA) is 20.2 Å². The Labute approximate surface area is 57.1 Å². The maximum atomic E-state index is 8.94. The van der Waals surface area contributed by atoms with Crippen molar-refractivity contribution in [3.8, 4) is 0 Å². The van der Waals surface area contributed by atoms with E-state index in [1.807, 2.05) is 0 Å². The van der Waals surface area contributed by atoms with Crippen molar-refractivity contribution in [3.63, 3.8) is 0 Å². The molecule has 1 N–H and O–H groups in total. The smallest absolute Gasteiger partial charge is 0.0484 e. The third kappa shape index (κ3) is 1.45. The molecule has 1 rings (SSSR count). The lowest BCUT2D eigenvalue weighted by Gasteiger charge is -2.19. The molecule has 54 valence electrons. The molecule has 0 aliphatic heterocycles. The summed E-state index contributed by atoms with van der Waals surface area (Å²) >= 11 is 0. The molecule has 0 amide bonds. The van der Waals surface area contributed by atoms with Gasteiger partial charge in [0.05, 0.1) is 0 Å². The molecule has 0 saturated heterocycles. The highest BCUT2D eigenvalue weighted by Crippen LogP contribution is 2.40. The van der Waals surface area contributed by atoms with Crippen LogP contribution >= 0.6 is 0 Å². The lowest BCUT2D eigenvalue weighted by molar-refractivity contribution is 0.145. The monoisotopic (exact) mass is 128 g/mol. The highest BCUT2D eigenvalue weighted by atomic mass is 16.3. The van der Waals surface area contributed by atoms with E-state index in [0.29, 0.717) is 6.61 Å². The fourth-order valence-electron chi connectivity index (χ4n) is 1.78. The van der Waals surface area contributed by atoms with Crippen LogP contribution in [0.4, 0.5) is 0 Å². The van der Waals surface area contributed by atoms with Crippen LogP contribution in [-0.2, 0) is 0 Å². The molecule has 0 unspecified atom stereocenters. The molecule has 0 bridgehead atoms. The minimum atomic E-state index is 0.263. The fourth-order valence-corrected chi connectivity index (χ4v) is 1.78. The molecule has 2 atom stereocenters. The Bertz CT molecular complexity index is 101. The molecule has 1 saturated carbocycles. The van der Waals surface area contributed by atoms with Crippen molar-refractivity contribution in [1.82, 2.24) is 0 Å². The van der Waals surface area contributed by atoms with Crippen molar-refractivity contribution in [3.05, 3.63) is 0 Å². The van der Waals surface area contributed by atoms with Crippen LogP contribution in [-0.4, -0.2) is 11.7 Å². The molecule has 1 aliphatic rings. The number of aliphatic hydroxyl groups is 1. The zero-order chi connectivity index (χ0) is 6.91. The first-order valence-corrected chi connectivity index (χ1v) is 3.77. The molecule has 1 aliphatic carbocycles. The van der Waals surface area contributed by atoms with Crippen molar-refractivity contribution in [2.45, 2.75) is 33.1 Å². The van der Waals surface area contributed by atoms with Gasteiger partial charge >= 0.3 is 0 Å². The first kappa shape index (κ1) is 7.07. The molecule has 0 spiro atoms. The van der Waals surface area contributed by atoms with Gasteiger partial charge < -0.3 is 5.11 Å². The highest BCUT2D eigenvalue weighted by molar-refractivity contribution is 4.82. The van der Waals surface area contributed by atoms with E-state index in [2.05, 4.69) is 13.8 Å². The summed E-state index contributed by atoms with van der Waals surface area (Å²) in [4.78, 5) is 0. The van der Waals surface area contributed by atoms with Gasteiger partial charge in [-0.2, -0.15) is 0 Å². The molecule has 0 heterocycles. The summed E-state index contributed by atoms with van der Waals surface area (Å²) in [7, 11) is 0. The van der Waals surface area contributed by atoms with Crippen LogP contribution in [0.1, 0.15) is 33.1 Å². The molecule has 0 radical (unpaired) electrons. The molecule has 0 aromatic rings. The van der Waals surface area contributed by atoms with Crippen LogP contribution in [0.25, 0.3) is 0 Å². The Kier molecular flexibility index (Phi) is 1.80. The SMILES string of the molecule is C[C@@H]1CC[C@](C)(CO)C1. The predicted octanol–water partition coefficient (Wildman–Crippen LogP) is 1.80. The Balaban J connectivity index is 2.45. The van der Waals surface area contributed by atoms with E-state index in [4.69, 9.17) is 5.11 Å². The summed E-state index contributed by atoms with van der Waals surface area (Å²) in [6.07, 6.45) is 3.73. The number of hydrogen-bond donors (Lipinski definition) is 1. The first-order valence-electron chi connectivity index (χ1n) is 3.77. The van der Waals surface area contributed by atoms with Crippen molar-refractivity contribution < 1.29 is 5.11 Å². The molecular weight excluding hydrogens is 112 g/mol. The summed E-state index contributed by atoms with van der Waals surface area (Å²) < 4.78 is 0. The lowest BCUT2D eigenvalue weighted by Crippen LogP contribution is -2.16. The summed E-state index contributed by atoms with van der Waals surface area (Å²) in [5.41, 5.74) is 0.263. The van der Waals surface area contributed by atoms with Gasteiger partial charge in [-0.1, -0.05) is 20.3 Å². The van der Waals surface area contributed by atoms with Gasteiger partial charge in [0.2, 0.25) is 0 Å². The van der Waals surface area contributed by atoms with E-state index < -0.39 is 0 Å². The molecule has 1 heteroatoms. The summed E-state index contributed by atoms with van der Waals surface area (Å²) in [5.74, 6) is 0.835. The van der Waals surface area contributed by atoms with Gasteiger partial charge in [-0.3, -0.25) is 0 Å². The summed E-state index contributed by atoms with van der Waals surface area (Å²) in [6.45, 7) is 4.81. The van der Waals surface area contributed by atoms with Crippen LogP contribution in [0.3, 0.4) is 0 Å². The zero-order valence-corrected chi connectivity index (χ0v) is 6.35. The number of rotatable bonds is 1. The second kappa shape index (κ2) is 2.30. The molecule has 1 fully saturated rings. The Morgan fingerprint density at radius 2 is 2.33 bits per heavy atom. The summed E-state index contributed by atoms with van der Waals surface area (Å²) in [5, 5.41) is 8.94. The normalized spacial score (nSPS) is 43.7. The molecule has 9 heavy (non-hydrogen) atoms. The van der Waals surface area contributed by atoms with E-state index in [1.165, 1.54) is 19.3 Å². The average molecular weight is 128 g/mol. The van der Waals surface area contributed by atoms with Crippen molar-refractivity contribution in [2.24, 2.45) is 11.3 Å². The zero-order valence-electron chi connectivity index (χ0n) is 6.35. The largest absolute Gasteiger partial charge is 0.396 e. The quantitative estimate of drug-likeness (QED) is 0.571. The van der Waals surface area contributed by atoms with Gasteiger partial charge in [0.1, 0.15) is 0 Å². The Morgan fingerprint density at radius 1 is 1.67 bits per heavy atom. The van der Waals surface area contributed by atoms with Gasteiger partial charge in [-0.05, 0) is 24.2 Å². The van der Waals surface area contributed by atoms with Crippen molar-refractivity contribution in [1.29, 1.82) is 0 Å². The highest BCUT2D eigenvalue weighted by Gasteiger charge is 2.31. The van der Waals surface area contributed by atoms with Crippen LogP contribution in [0.15, 0.2) is 0 Å². The number of hydrogen-bond acceptors (Lipinski definition) is 1. The van der Waals surface area contributed by atoms with E-state index in [9.17, 15) is 0 Å². The standard InChI is InChI=1S/C8H16O/c1-7-3-4-8(2,5-7)6-9/h7,9H,3-6H2,1-2H3/t7-,8+/m1/s1.